The summed E-state index contributed by atoms with van der Waals surface area (Å²) in [6.45, 7) is 0.00850. The Morgan fingerprint density at radius 2 is 2.00 bits per heavy atom. The minimum absolute atomic E-state index is 0.105. The van der Waals surface area contributed by atoms with Crippen LogP contribution in [0.2, 0.25) is 0 Å². The summed E-state index contributed by atoms with van der Waals surface area (Å²) in [5, 5.41) is 1.22. The van der Waals surface area contributed by atoms with Crippen LogP contribution in [-0.4, -0.2) is 38.4 Å². The number of rotatable bonds is 0. The number of alkyl halides is 2. The second-order valence-electron chi connectivity index (χ2n) is 3.35. The smallest absolute Gasteiger partial charge is 0.270 e. The van der Waals surface area contributed by atoms with Crippen LogP contribution in [0.1, 0.15) is 0 Å². The second-order valence-corrected chi connectivity index (χ2v) is 5.58. The van der Waals surface area contributed by atoms with Gasteiger partial charge in [-0.2, -0.15) is 0 Å². The second kappa shape index (κ2) is 2.17. The SMILES string of the molecule is O=S1(=O)CC2CNCC1C2(F)F. The average Bonchev–Trinajstić information content (AvgIpc) is 2.10. The van der Waals surface area contributed by atoms with Crippen LogP contribution in [0.5, 0.6) is 0 Å². The lowest BCUT2D eigenvalue weighted by Crippen LogP contribution is -2.51. The standard InChI is InChI=1S/C6H9F2NO2S/c7-6(8)4-1-9-2-5(6)12(10,11)3-4/h4-5,9H,1-3H2. The molecule has 0 radical (unpaired) electrons. The Hall–Kier alpha value is -0.230. The van der Waals surface area contributed by atoms with Gasteiger partial charge in [0.15, 0.2) is 9.84 Å². The molecule has 2 heterocycles. The van der Waals surface area contributed by atoms with Gasteiger partial charge in [-0.25, -0.2) is 17.2 Å². The van der Waals surface area contributed by atoms with Gasteiger partial charge in [0.2, 0.25) is 0 Å². The van der Waals surface area contributed by atoms with Gasteiger partial charge in [-0.05, 0) is 0 Å². The molecule has 70 valence electrons. The van der Waals surface area contributed by atoms with Crippen molar-refractivity contribution in [1.82, 2.24) is 5.32 Å². The van der Waals surface area contributed by atoms with Gasteiger partial charge in [0, 0.05) is 13.1 Å². The third-order valence-corrected chi connectivity index (χ3v) is 4.78. The van der Waals surface area contributed by atoms with Crippen molar-refractivity contribution in [2.45, 2.75) is 11.2 Å². The molecule has 0 aromatic rings. The zero-order chi connectivity index (χ0) is 8.98. The molecule has 0 aromatic carbocycles. The minimum Gasteiger partial charge on any atom is -0.315 e. The molecule has 0 amide bonds. The first-order chi connectivity index (χ1) is 5.44. The van der Waals surface area contributed by atoms with Crippen molar-refractivity contribution < 1.29 is 17.2 Å². The molecule has 2 aliphatic heterocycles. The minimum atomic E-state index is -3.54. The molecule has 0 spiro atoms. The molecule has 0 saturated carbocycles. The first-order valence-electron chi connectivity index (χ1n) is 3.74. The van der Waals surface area contributed by atoms with Gasteiger partial charge in [0.25, 0.3) is 5.92 Å². The van der Waals surface area contributed by atoms with Gasteiger partial charge < -0.3 is 5.32 Å². The van der Waals surface area contributed by atoms with Gasteiger partial charge in [0.05, 0.1) is 11.7 Å². The van der Waals surface area contributed by atoms with E-state index >= 15 is 0 Å². The van der Waals surface area contributed by atoms with Gasteiger partial charge in [0.1, 0.15) is 5.25 Å². The lowest BCUT2D eigenvalue weighted by molar-refractivity contribution is -0.0549. The Morgan fingerprint density at radius 1 is 1.33 bits per heavy atom. The van der Waals surface area contributed by atoms with Crippen LogP contribution in [0.15, 0.2) is 0 Å². The Bertz CT molecular complexity index is 301. The van der Waals surface area contributed by atoms with E-state index in [9.17, 15) is 17.2 Å². The van der Waals surface area contributed by atoms with Gasteiger partial charge in [-0.3, -0.25) is 0 Å². The Balaban J connectivity index is 2.46. The maximum atomic E-state index is 13.1. The largest absolute Gasteiger partial charge is 0.315 e. The molecule has 0 aromatic heterocycles. The van der Waals surface area contributed by atoms with E-state index in [1.807, 2.05) is 0 Å². The highest BCUT2D eigenvalue weighted by Gasteiger charge is 2.62. The molecule has 2 saturated heterocycles. The lowest BCUT2D eigenvalue weighted by atomic mass is 9.97. The molecule has 2 atom stereocenters. The summed E-state index contributed by atoms with van der Waals surface area (Å²) in [6, 6.07) is 0. The third-order valence-electron chi connectivity index (χ3n) is 2.56. The fraction of sp³-hybridized carbons (Fsp3) is 1.00. The van der Waals surface area contributed by atoms with Crippen LogP contribution in [0.4, 0.5) is 8.78 Å². The third kappa shape index (κ3) is 0.908. The van der Waals surface area contributed by atoms with E-state index in [1.54, 1.807) is 0 Å². The van der Waals surface area contributed by atoms with Gasteiger partial charge >= 0.3 is 0 Å². The number of fused-ring (bicyclic) bond motifs is 2. The van der Waals surface area contributed by atoms with E-state index in [0.29, 0.717) is 0 Å². The van der Waals surface area contributed by atoms with Crippen LogP contribution in [-0.2, 0) is 9.84 Å². The molecule has 6 heteroatoms. The Labute approximate surface area is 69.1 Å². The first-order valence-corrected chi connectivity index (χ1v) is 5.46. The summed E-state index contributed by atoms with van der Waals surface area (Å²) in [5.74, 6) is -4.39. The highest BCUT2D eigenvalue weighted by molar-refractivity contribution is 7.92. The summed E-state index contributed by atoms with van der Waals surface area (Å²) < 4.78 is 48.5. The molecule has 2 fully saturated rings. The summed E-state index contributed by atoms with van der Waals surface area (Å²) in [4.78, 5) is 0. The number of hydrogen-bond donors (Lipinski definition) is 1. The van der Waals surface area contributed by atoms with Gasteiger partial charge in [-0.15, -0.1) is 0 Å². The molecular weight excluding hydrogens is 188 g/mol. The van der Waals surface area contributed by atoms with Crippen molar-refractivity contribution in [3.8, 4) is 0 Å². The van der Waals surface area contributed by atoms with Gasteiger partial charge in [-0.1, -0.05) is 0 Å². The molecular formula is C6H9F2NO2S. The Kier molecular flexibility index (Phi) is 1.51. The fourth-order valence-electron chi connectivity index (χ4n) is 1.86. The zero-order valence-corrected chi connectivity index (χ0v) is 7.07. The molecule has 3 nitrogen and oxygen atoms in total. The molecule has 1 N–H and O–H groups in total. The molecule has 2 bridgehead atoms. The number of sulfone groups is 1. The van der Waals surface area contributed by atoms with Crippen LogP contribution in [0.25, 0.3) is 0 Å². The normalized spacial score (nSPS) is 42.8. The predicted octanol–water partition coefficient (Wildman–Crippen LogP) is -0.362. The molecule has 2 rings (SSSR count). The number of hydrogen-bond acceptors (Lipinski definition) is 3. The highest BCUT2D eigenvalue weighted by atomic mass is 32.2. The highest BCUT2D eigenvalue weighted by Crippen LogP contribution is 2.42. The number of nitrogens with one attached hydrogen (secondary N) is 1. The van der Waals surface area contributed by atoms with Crippen molar-refractivity contribution in [2.75, 3.05) is 18.8 Å². The quantitative estimate of drug-likeness (QED) is 0.576. The summed E-state index contributed by atoms with van der Waals surface area (Å²) in [6.07, 6.45) is 0. The predicted molar refractivity (Wildman–Crippen MR) is 38.9 cm³/mol. The molecule has 12 heavy (non-hydrogen) atoms. The van der Waals surface area contributed by atoms with E-state index < -0.39 is 26.9 Å². The first kappa shape index (κ1) is 8.37. The van der Waals surface area contributed by atoms with Crippen LogP contribution in [0, 0.1) is 5.92 Å². The summed E-state index contributed by atoms with van der Waals surface area (Å²) in [5.41, 5.74) is 0. The van der Waals surface area contributed by atoms with E-state index in [0.717, 1.165) is 0 Å². The van der Waals surface area contributed by atoms with E-state index in [2.05, 4.69) is 5.32 Å². The van der Waals surface area contributed by atoms with Crippen molar-refractivity contribution >= 4 is 9.84 Å². The van der Waals surface area contributed by atoms with E-state index in [-0.39, 0.29) is 18.8 Å². The van der Waals surface area contributed by atoms with Crippen molar-refractivity contribution in [3.63, 3.8) is 0 Å². The van der Waals surface area contributed by atoms with E-state index in [4.69, 9.17) is 0 Å². The van der Waals surface area contributed by atoms with Crippen molar-refractivity contribution in [1.29, 1.82) is 0 Å². The number of piperidine rings is 1. The monoisotopic (exact) mass is 197 g/mol. The lowest BCUT2D eigenvalue weighted by Gasteiger charge is -2.28. The average molecular weight is 197 g/mol. The topological polar surface area (TPSA) is 46.2 Å². The van der Waals surface area contributed by atoms with E-state index in [1.165, 1.54) is 0 Å². The fourth-order valence-corrected chi connectivity index (χ4v) is 4.03. The maximum Gasteiger partial charge on any atom is 0.270 e. The summed E-state index contributed by atoms with van der Waals surface area (Å²) in [7, 11) is -3.54. The maximum absolute atomic E-state index is 13.1. The number of halogens is 2. The van der Waals surface area contributed by atoms with Crippen molar-refractivity contribution in [3.05, 3.63) is 0 Å². The van der Waals surface area contributed by atoms with Crippen LogP contribution in [0.3, 0.4) is 0 Å². The zero-order valence-electron chi connectivity index (χ0n) is 6.26. The Morgan fingerprint density at radius 3 is 2.50 bits per heavy atom. The van der Waals surface area contributed by atoms with Crippen molar-refractivity contribution in [2.24, 2.45) is 5.92 Å². The summed E-state index contributed by atoms with van der Waals surface area (Å²) >= 11 is 0. The molecule has 2 aliphatic rings. The molecule has 0 aliphatic carbocycles. The molecule has 2 unspecified atom stereocenters. The van der Waals surface area contributed by atoms with Crippen LogP contribution >= 0.6 is 0 Å². The van der Waals surface area contributed by atoms with Crippen LogP contribution < -0.4 is 5.32 Å².